The van der Waals surface area contributed by atoms with Crippen molar-refractivity contribution in [1.29, 1.82) is 0 Å². The van der Waals surface area contributed by atoms with Crippen molar-refractivity contribution in [2.45, 2.75) is 39.2 Å². The van der Waals surface area contributed by atoms with Crippen LogP contribution in [0.5, 0.6) is 0 Å². The van der Waals surface area contributed by atoms with Gasteiger partial charge in [-0.25, -0.2) is 4.98 Å². The van der Waals surface area contributed by atoms with Crippen molar-refractivity contribution in [2.75, 3.05) is 6.54 Å². The number of nitrogens with one attached hydrogen (secondary N) is 1. The Morgan fingerprint density at radius 2 is 2.00 bits per heavy atom. The summed E-state index contributed by atoms with van der Waals surface area (Å²) in [5.74, 6) is 1.75. The highest BCUT2D eigenvalue weighted by atomic mass is 15.0. The van der Waals surface area contributed by atoms with E-state index in [0.29, 0.717) is 12.0 Å². The molecule has 1 N–H and O–H groups in total. The van der Waals surface area contributed by atoms with E-state index in [1.54, 1.807) is 0 Å². The first-order valence-corrected chi connectivity index (χ1v) is 7.97. The third-order valence-electron chi connectivity index (χ3n) is 4.09. The molecule has 2 atom stereocenters. The van der Waals surface area contributed by atoms with Crippen LogP contribution in [0.15, 0.2) is 42.7 Å². The molecule has 0 radical (unpaired) electrons. The van der Waals surface area contributed by atoms with E-state index in [2.05, 4.69) is 66.1 Å². The second-order valence-corrected chi connectivity index (χ2v) is 5.81. The molecule has 0 amide bonds. The first kappa shape index (κ1) is 15.8. The van der Waals surface area contributed by atoms with Crippen LogP contribution in [0.25, 0.3) is 0 Å². The van der Waals surface area contributed by atoms with E-state index in [4.69, 9.17) is 0 Å². The molecule has 0 saturated heterocycles. The summed E-state index contributed by atoms with van der Waals surface area (Å²) in [6.07, 6.45) is 7.23. The second-order valence-electron chi connectivity index (χ2n) is 5.81. The first-order valence-electron chi connectivity index (χ1n) is 7.97. The minimum absolute atomic E-state index is 0.423. The third-order valence-corrected chi connectivity index (χ3v) is 4.09. The molecule has 3 nitrogen and oxygen atoms in total. The number of imidazole rings is 1. The van der Waals surface area contributed by atoms with Gasteiger partial charge in [-0.05, 0) is 30.9 Å². The van der Waals surface area contributed by atoms with E-state index in [9.17, 15) is 0 Å². The van der Waals surface area contributed by atoms with Crippen molar-refractivity contribution >= 4 is 0 Å². The van der Waals surface area contributed by atoms with Gasteiger partial charge in [0.25, 0.3) is 0 Å². The van der Waals surface area contributed by atoms with E-state index in [1.807, 2.05) is 12.4 Å². The van der Waals surface area contributed by atoms with Crippen LogP contribution in [0, 0.1) is 5.92 Å². The van der Waals surface area contributed by atoms with Crippen molar-refractivity contribution in [3.05, 3.63) is 54.1 Å². The Hall–Kier alpha value is -1.61. The molecule has 0 saturated carbocycles. The molecule has 3 heteroatoms. The highest BCUT2D eigenvalue weighted by molar-refractivity contribution is 5.19. The van der Waals surface area contributed by atoms with Gasteiger partial charge in [-0.15, -0.1) is 0 Å². The standard InChI is InChI=1S/C18H27N3/c1-4-12-20-18(16-8-6-5-7-9-16)15(2)10-11-17-19-13-14-21(17)3/h5-9,13-15,18,20H,4,10-12H2,1-3H3. The summed E-state index contributed by atoms with van der Waals surface area (Å²) in [5, 5.41) is 3.70. The SMILES string of the molecule is CCCNC(c1ccccc1)C(C)CCc1nccn1C. The fourth-order valence-corrected chi connectivity index (χ4v) is 2.77. The smallest absolute Gasteiger partial charge is 0.108 e. The quantitative estimate of drug-likeness (QED) is 0.801. The Morgan fingerprint density at radius 1 is 1.24 bits per heavy atom. The zero-order valence-corrected chi connectivity index (χ0v) is 13.4. The lowest BCUT2D eigenvalue weighted by Gasteiger charge is -2.26. The summed E-state index contributed by atoms with van der Waals surface area (Å²) >= 11 is 0. The zero-order valence-electron chi connectivity index (χ0n) is 13.4. The molecule has 1 aromatic carbocycles. The number of nitrogens with zero attached hydrogens (tertiary/aromatic N) is 2. The largest absolute Gasteiger partial charge is 0.338 e. The highest BCUT2D eigenvalue weighted by Crippen LogP contribution is 2.25. The molecule has 2 unspecified atom stereocenters. The molecule has 0 aliphatic rings. The molecular weight excluding hydrogens is 258 g/mol. The van der Waals surface area contributed by atoms with Crippen molar-refractivity contribution in [2.24, 2.45) is 13.0 Å². The molecule has 1 aromatic heterocycles. The Balaban J connectivity index is 2.00. The maximum atomic E-state index is 4.42. The number of hydrogen-bond acceptors (Lipinski definition) is 2. The molecule has 0 aliphatic carbocycles. The van der Waals surface area contributed by atoms with Crippen LogP contribution < -0.4 is 5.32 Å². The topological polar surface area (TPSA) is 29.9 Å². The Morgan fingerprint density at radius 3 is 2.62 bits per heavy atom. The predicted octanol–water partition coefficient (Wildman–Crippen LogP) is 3.73. The number of aryl methyl sites for hydroxylation is 2. The van der Waals surface area contributed by atoms with Crippen molar-refractivity contribution < 1.29 is 0 Å². The van der Waals surface area contributed by atoms with Gasteiger partial charge in [0.05, 0.1) is 0 Å². The average molecular weight is 285 g/mol. The normalized spacial score (nSPS) is 14.0. The predicted molar refractivity (Wildman–Crippen MR) is 88.2 cm³/mol. The van der Waals surface area contributed by atoms with E-state index in [-0.39, 0.29) is 0 Å². The number of rotatable bonds is 8. The van der Waals surface area contributed by atoms with Gasteiger partial charge < -0.3 is 9.88 Å². The fourth-order valence-electron chi connectivity index (χ4n) is 2.77. The Labute approximate surface area is 128 Å². The fraction of sp³-hybridized carbons (Fsp3) is 0.500. The van der Waals surface area contributed by atoms with Gasteiger partial charge in [0.15, 0.2) is 0 Å². The van der Waals surface area contributed by atoms with Gasteiger partial charge in [-0.3, -0.25) is 0 Å². The molecule has 21 heavy (non-hydrogen) atoms. The Kier molecular flexibility index (Phi) is 6.00. The van der Waals surface area contributed by atoms with Gasteiger partial charge in [0.1, 0.15) is 5.82 Å². The molecule has 1 heterocycles. The average Bonchev–Trinajstić information content (AvgIpc) is 2.92. The van der Waals surface area contributed by atoms with Crippen LogP contribution in [-0.2, 0) is 13.5 Å². The first-order chi connectivity index (χ1) is 10.2. The van der Waals surface area contributed by atoms with E-state index >= 15 is 0 Å². The van der Waals surface area contributed by atoms with Gasteiger partial charge in [-0.1, -0.05) is 44.2 Å². The molecule has 114 valence electrons. The second kappa shape index (κ2) is 7.99. The maximum absolute atomic E-state index is 4.42. The van der Waals surface area contributed by atoms with Gasteiger partial charge in [0.2, 0.25) is 0 Å². The van der Waals surface area contributed by atoms with Crippen LogP contribution >= 0.6 is 0 Å². The Bertz CT molecular complexity index is 518. The molecule has 0 bridgehead atoms. The molecule has 2 aromatic rings. The molecule has 2 rings (SSSR count). The van der Waals surface area contributed by atoms with Gasteiger partial charge in [-0.2, -0.15) is 0 Å². The summed E-state index contributed by atoms with van der Waals surface area (Å²) in [7, 11) is 2.07. The van der Waals surface area contributed by atoms with Crippen molar-refractivity contribution in [1.82, 2.24) is 14.9 Å². The number of aromatic nitrogens is 2. The number of benzene rings is 1. The molecular formula is C18H27N3. The lowest BCUT2D eigenvalue weighted by molar-refractivity contribution is 0.363. The monoisotopic (exact) mass is 285 g/mol. The molecule has 0 spiro atoms. The minimum atomic E-state index is 0.423. The van der Waals surface area contributed by atoms with Crippen LogP contribution in [0.3, 0.4) is 0 Å². The van der Waals surface area contributed by atoms with Crippen LogP contribution in [-0.4, -0.2) is 16.1 Å². The van der Waals surface area contributed by atoms with E-state index < -0.39 is 0 Å². The molecule has 0 fully saturated rings. The number of hydrogen-bond donors (Lipinski definition) is 1. The highest BCUT2D eigenvalue weighted by Gasteiger charge is 2.18. The van der Waals surface area contributed by atoms with E-state index in [1.165, 1.54) is 11.4 Å². The maximum Gasteiger partial charge on any atom is 0.108 e. The van der Waals surface area contributed by atoms with Crippen molar-refractivity contribution in [3.8, 4) is 0 Å². The summed E-state index contributed by atoms with van der Waals surface area (Å²) in [6.45, 7) is 5.61. The van der Waals surface area contributed by atoms with Crippen molar-refractivity contribution in [3.63, 3.8) is 0 Å². The summed E-state index contributed by atoms with van der Waals surface area (Å²) < 4.78 is 2.11. The van der Waals surface area contributed by atoms with Crippen LogP contribution in [0.4, 0.5) is 0 Å². The lowest BCUT2D eigenvalue weighted by atomic mass is 9.90. The summed E-state index contributed by atoms with van der Waals surface area (Å²) in [6, 6.07) is 11.2. The van der Waals surface area contributed by atoms with E-state index in [0.717, 1.165) is 25.8 Å². The van der Waals surface area contributed by atoms with Crippen LogP contribution in [0.2, 0.25) is 0 Å². The van der Waals surface area contributed by atoms with Gasteiger partial charge >= 0.3 is 0 Å². The summed E-state index contributed by atoms with van der Waals surface area (Å²) in [4.78, 5) is 4.42. The molecule has 0 aliphatic heterocycles. The lowest BCUT2D eigenvalue weighted by Crippen LogP contribution is -2.28. The minimum Gasteiger partial charge on any atom is -0.338 e. The zero-order chi connectivity index (χ0) is 15.1. The third kappa shape index (κ3) is 4.43. The van der Waals surface area contributed by atoms with Gasteiger partial charge in [0, 0.05) is 31.9 Å². The summed E-state index contributed by atoms with van der Waals surface area (Å²) in [5.41, 5.74) is 1.39. The van der Waals surface area contributed by atoms with Crippen LogP contribution in [0.1, 0.15) is 44.1 Å².